The Balaban J connectivity index is 1.86. The number of benzene rings is 1. The molecule has 100 valence electrons. The van der Waals surface area contributed by atoms with Crippen LogP contribution < -0.4 is 11.3 Å². The Morgan fingerprint density at radius 2 is 2.42 bits per heavy atom. The Morgan fingerprint density at radius 1 is 1.53 bits per heavy atom. The molecule has 6 heteroatoms. The first kappa shape index (κ1) is 12.5. The van der Waals surface area contributed by atoms with Crippen LogP contribution in [-0.2, 0) is 4.74 Å². The molecule has 3 N–H and O–H groups in total. The van der Waals surface area contributed by atoms with Gasteiger partial charge >= 0.3 is 0 Å². The number of anilines is 1. The Hall–Kier alpha value is -1.53. The van der Waals surface area contributed by atoms with E-state index < -0.39 is 0 Å². The highest BCUT2D eigenvalue weighted by Crippen LogP contribution is 2.30. The van der Waals surface area contributed by atoms with Crippen molar-refractivity contribution >= 4 is 28.4 Å². The van der Waals surface area contributed by atoms with E-state index in [4.69, 9.17) is 10.5 Å². The van der Waals surface area contributed by atoms with Gasteiger partial charge in [-0.1, -0.05) is 0 Å². The molecule has 3 rings (SSSR count). The Bertz CT molecular complexity index is 650. The number of nitrogens with two attached hydrogens (primary N) is 1. The molecule has 1 aromatic heterocycles. The van der Waals surface area contributed by atoms with Crippen LogP contribution in [0.1, 0.15) is 12.8 Å². The summed E-state index contributed by atoms with van der Waals surface area (Å²) in [5.41, 5.74) is 7.13. The van der Waals surface area contributed by atoms with Gasteiger partial charge in [-0.25, -0.2) is 4.98 Å². The van der Waals surface area contributed by atoms with E-state index in [1.807, 2.05) is 6.07 Å². The lowest BCUT2D eigenvalue weighted by molar-refractivity contribution is 0.129. The number of fused-ring (bicyclic) bond motifs is 1. The average Bonchev–Trinajstić information content (AvgIpc) is 2.91. The summed E-state index contributed by atoms with van der Waals surface area (Å²) in [5.74, 6) is 0.888. The zero-order valence-corrected chi connectivity index (χ0v) is 11.2. The molecule has 1 unspecified atom stereocenters. The molecule has 0 amide bonds. The van der Waals surface area contributed by atoms with E-state index in [9.17, 15) is 4.79 Å². The van der Waals surface area contributed by atoms with Gasteiger partial charge in [-0.15, -0.1) is 11.8 Å². The fourth-order valence-corrected chi connectivity index (χ4v) is 3.25. The van der Waals surface area contributed by atoms with Crippen molar-refractivity contribution < 1.29 is 4.74 Å². The summed E-state index contributed by atoms with van der Waals surface area (Å²) >= 11 is 1.66. The highest BCUT2D eigenvalue weighted by atomic mass is 32.2. The number of nitrogen functional groups attached to an aromatic ring is 1. The monoisotopic (exact) mass is 277 g/mol. The number of nitrogens with one attached hydrogen (secondary N) is 1. The molecule has 2 aromatic rings. The van der Waals surface area contributed by atoms with Crippen molar-refractivity contribution in [2.24, 2.45) is 0 Å². The molecule has 0 spiro atoms. The maximum Gasteiger partial charge on any atom is 0.258 e. The Kier molecular flexibility index (Phi) is 3.44. The minimum atomic E-state index is -0.160. The first-order valence-corrected chi connectivity index (χ1v) is 7.24. The van der Waals surface area contributed by atoms with Gasteiger partial charge in [0.1, 0.15) is 0 Å². The van der Waals surface area contributed by atoms with Crippen LogP contribution >= 0.6 is 11.8 Å². The molecule has 1 saturated heterocycles. The van der Waals surface area contributed by atoms with E-state index >= 15 is 0 Å². The molecule has 1 fully saturated rings. The minimum absolute atomic E-state index is 0.160. The second-order valence-corrected chi connectivity index (χ2v) is 5.65. The highest BCUT2D eigenvalue weighted by Gasteiger charge is 2.16. The van der Waals surface area contributed by atoms with E-state index in [0.717, 1.165) is 30.1 Å². The van der Waals surface area contributed by atoms with Crippen LogP contribution in [0.2, 0.25) is 0 Å². The molecule has 1 aliphatic heterocycles. The van der Waals surface area contributed by atoms with E-state index in [1.165, 1.54) is 6.33 Å². The van der Waals surface area contributed by atoms with Crippen molar-refractivity contribution in [1.29, 1.82) is 0 Å². The molecule has 1 aliphatic rings. The van der Waals surface area contributed by atoms with Gasteiger partial charge in [-0.2, -0.15) is 0 Å². The smallest absolute Gasteiger partial charge is 0.258 e. The van der Waals surface area contributed by atoms with Gasteiger partial charge in [0.25, 0.3) is 5.56 Å². The molecule has 19 heavy (non-hydrogen) atoms. The second kappa shape index (κ2) is 5.22. The summed E-state index contributed by atoms with van der Waals surface area (Å²) in [4.78, 5) is 19.3. The van der Waals surface area contributed by atoms with Gasteiger partial charge in [0.15, 0.2) is 0 Å². The van der Waals surface area contributed by atoms with Crippen LogP contribution in [0.25, 0.3) is 10.9 Å². The SMILES string of the molecule is Nc1cc2c(=O)[nH]cnc2cc1SCC1CCCO1. The third-order valence-electron chi connectivity index (χ3n) is 3.22. The van der Waals surface area contributed by atoms with Gasteiger partial charge in [0.05, 0.1) is 23.3 Å². The van der Waals surface area contributed by atoms with E-state index in [-0.39, 0.29) is 5.56 Å². The lowest BCUT2D eigenvalue weighted by atomic mass is 10.2. The van der Waals surface area contributed by atoms with Gasteiger partial charge < -0.3 is 15.5 Å². The highest BCUT2D eigenvalue weighted by molar-refractivity contribution is 7.99. The lowest BCUT2D eigenvalue weighted by Crippen LogP contribution is -2.09. The predicted molar refractivity (Wildman–Crippen MR) is 76.5 cm³/mol. The first-order valence-electron chi connectivity index (χ1n) is 6.25. The quantitative estimate of drug-likeness (QED) is 0.660. The van der Waals surface area contributed by atoms with Gasteiger partial charge in [0.2, 0.25) is 0 Å². The summed E-state index contributed by atoms with van der Waals surface area (Å²) in [6, 6.07) is 3.57. The predicted octanol–water partition coefficient (Wildman–Crippen LogP) is 1.78. The van der Waals surface area contributed by atoms with Crippen LogP contribution in [0, 0.1) is 0 Å². The summed E-state index contributed by atoms with van der Waals surface area (Å²) in [6.07, 6.45) is 3.97. The molecular formula is C13H15N3O2S. The van der Waals surface area contributed by atoms with Gasteiger partial charge in [-0.3, -0.25) is 4.79 Å². The summed E-state index contributed by atoms with van der Waals surface area (Å²) in [6.45, 7) is 0.857. The van der Waals surface area contributed by atoms with Gasteiger partial charge in [-0.05, 0) is 25.0 Å². The maximum atomic E-state index is 11.6. The van der Waals surface area contributed by atoms with Crippen molar-refractivity contribution in [2.75, 3.05) is 18.1 Å². The fraction of sp³-hybridized carbons (Fsp3) is 0.385. The molecule has 0 aliphatic carbocycles. The second-order valence-electron chi connectivity index (χ2n) is 4.58. The number of ether oxygens (including phenoxy) is 1. The van der Waals surface area contributed by atoms with Crippen LogP contribution in [0.3, 0.4) is 0 Å². The lowest BCUT2D eigenvalue weighted by Gasteiger charge is -2.10. The molecule has 5 nitrogen and oxygen atoms in total. The Morgan fingerprint density at radius 3 is 3.21 bits per heavy atom. The standard InChI is InChI=1S/C13H15N3O2S/c14-10-4-9-11(15-7-16-13(9)17)5-12(10)19-6-8-2-1-3-18-8/h4-5,7-8H,1-3,6,14H2,(H,15,16,17). The zero-order chi connectivity index (χ0) is 13.2. The van der Waals surface area contributed by atoms with Crippen LogP contribution in [-0.4, -0.2) is 28.4 Å². The molecular weight excluding hydrogens is 262 g/mol. The Labute approximate surface area is 114 Å². The van der Waals surface area contributed by atoms with E-state index in [2.05, 4.69) is 9.97 Å². The number of thioether (sulfide) groups is 1. The van der Waals surface area contributed by atoms with Crippen molar-refractivity contribution in [3.8, 4) is 0 Å². The molecule has 2 heterocycles. The third kappa shape index (κ3) is 2.59. The van der Waals surface area contributed by atoms with E-state index in [1.54, 1.807) is 17.8 Å². The zero-order valence-electron chi connectivity index (χ0n) is 10.4. The van der Waals surface area contributed by atoms with Crippen molar-refractivity contribution in [3.05, 3.63) is 28.8 Å². The van der Waals surface area contributed by atoms with Gasteiger partial charge in [0, 0.05) is 22.9 Å². The minimum Gasteiger partial charge on any atom is -0.398 e. The van der Waals surface area contributed by atoms with Crippen LogP contribution in [0.15, 0.2) is 28.2 Å². The number of aromatic amines is 1. The summed E-state index contributed by atoms with van der Waals surface area (Å²) < 4.78 is 5.59. The number of hydrogen-bond donors (Lipinski definition) is 2. The summed E-state index contributed by atoms with van der Waals surface area (Å²) in [7, 11) is 0. The van der Waals surface area contributed by atoms with Crippen LogP contribution in [0.4, 0.5) is 5.69 Å². The van der Waals surface area contributed by atoms with Crippen molar-refractivity contribution in [3.63, 3.8) is 0 Å². The average molecular weight is 277 g/mol. The number of aromatic nitrogens is 2. The first-order chi connectivity index (χ1) is 9.24. The molecule has 0 radical (unpaired) electrons. The number of H-pyrrole nitrogens is 1. The normalized spacial score (nSPS) is 19.1. The summed E-state index contributed by atoms with van der Waals surface area (Å²) in [5, 5.41) is 0.529. The molecule has 0 saturated carbocycles. The number of rotatable bonds is 3. The fourth-order valence-electron chi connectivity index (χ4n) is 2.20. The van der Waals surface area contributed by atoms with Crippen molar-refractivity contribution in [1.82, 2.24) is 9.97 Å². The topological polar surface area (TPSA) is 81.0 Å². The molecule has 1 aromatic carbocycles. The van der Waals surface area contributed by atoms with Crippen LogP contribution in [0.5, 0.6) is 0 Å². The number of hydrogen-bond acceptors (Lipinski definition) is 5. The van der Waals surface area contributed by atoms with Crippen molar-refractivity contribution in [2.45, 2.75) is 23.8 Å². The number of nitrogens with zero attached hydrogens (tertiary/aromatic N) is 1. The largest absolute Gasteiger partial charge is 0.398 e. The third-order valence-corrected chi connectivity index (χ3v) is 4.42. The van der Waals surface area contributed by atoms with E-state index in [0.29, 0.717) is 22.7 Å². The maximum absolute atomic E-state index is 11.6. The molecule has 1 atom stereocenters. The molecule has 0 bridgehead atoms.